The molecule has 110 valence electrons. The van der Waals surface area contributed by atoms with Gasteiger partial charge in [-0.1, -0.05) is 0 Å². The van der Waals surface area contributed by atoms with E-state index in [2.05, 4.69) is 0 Å². The van der Waals surface area contributed by atoms with Crippen LogP contribution in [0.5, 0.6) is 0 Å². The molecule has 3 aliphatic heterocycles. The van der Waals surface area contributed by atoms with Gasteiger partial charge in [0.05, 0.1) is 6.61 Å². The highest BCUT2D eigenvalue weighted by Gasteiger charge is 2.58. The van der Waals surface area contributed by atoms with Gasteiger partial charge in [-0.25, -0.2) is 0 Å². The van der Waals surface area contributed by atoms with E-state index in [1.807, 2.05) is 27.7 Å². The Morgan fingerprint density at radius 1 is 0.842 bits per heavy atom. The zero-order valence-corrected chi connectivity index (χ0v) is 12.0. The van der Waals surface area contributed by atoms with Crippen molar-refractivity contribution in [1.82, 2.24) is 0 Å². The number of methoxy groups -OCH3 is 1. The SMILES string of the molecule is COC1OC[C@H]2OC(C)(C)O[C@H]2[C@@H]2OC(C)(C)O[C@@H]12. The Morgan fingerprint density at radius 2 is 1.42 bits per heavy atom. The minimum absolute atomic E-state index is 0.167. The summed E-state index contributed by atoms with van der Waals surface area (Å²) < 4.78 is 34.8. The first-order valence-electron chi connectivity index (χ1n) is 6.67. The Labute approximate surface area is 113 Å². The summed E-state index contributed by atoms with van der Waals surface area (Å²) in [5, 5.41) is 0. The maximum Gasteiger partial charge on any atom is 0.186 e. The van der Waals surface area contributed by atoms with E-state index in [9.17, 15) is 0 Å². The molecule has 0 aromatic heterocycles. The summed E-state index contributed by atoms with van der Waals surface area (Å²) in [7, 11) is 1.60. The highest BCUT2D eigenvalue weighted by Crippen LogP contribution is 2.41. The molecule has 6 nitrogen and oxygen atoms in total. The smallest absolute Gasteiger partial charge is 0.186 e. The van der Waals surface area contributed by atoms with Crippen molar-refractivity contribution in [3.8, 4) is 0 Å². The average molecular weight is 274 g/mol. The van der Waals surface area contributed by atoms with Crippen LogP contribution in [0.1, 0.15) is 27.7 Å². The first-order chi connectivity index (χ1) is 8.81. The molecule has 0 radical (unpaired) electrons. The molecule has 3 fully saturated rings. The molecule has 0 aromatic carbocycles. The monoisotopic (exact) mass is 274 g/mol. The molecule has 0 aliphatic carbocycles. The Morgan fingerprint density at radius 3 is 2.11 bits per heavy atom. The van der Waals surface area contributed by atoms with Crippen LogP contribution in [0.15, 0.2) is 0 Å². The Hall–Kier alpha value is -0.240. The predicted octanol–water partition coefficient (Wildman–Crippen LogP) is 1.03. The average Bonchev–Trinajstić information content (AvgIpc) is 2.73. The summed E-state index contributed by atoms with van der Waals surface area (Å²) in [6, 6.07) is 0. The van der Waals surface area contributed by atoms with Gasteiger partial charge in [-0.3, -0.25) is 0 Å². The van der Waals surface area contributed by atoms with E-state index in [0.29, 0.717) is 6.61 Å². The third-order valence-corrected chi connectivity index (χ3v) is 3.63. The van der Waals surface area contributed by atoms with Crippen LogP contribution in [0.25, 0.3) is 0 Å². The van der Waals surface area contributed by atoms with Gasteiger partial charge in [0.2, 0.25) is 0 Å². The maximum atomic E-state index is 5.98. The lowest BCUT2D eigenvalue weighted by atomic mass is 10.0. The Bertz CT molecular complexity index is 355. The van der Waals surface area contributed by atoms with Crippen LogP contribution in [0.4, 0.5) is 0 Å². The summed E-state index contributed by atoms with van der Waals surface area (Å²) in [6.45, 7) is 7.96. The molecule has 6 heteroatoms. The van der Waals surface area contributed by atoms with Crippen molar-refractivity contribution in [1.29, 1.82) is 0 Å². The zero-order chi connectivity index (χ0) is 13.8. The lowest BCUT2D eigenvalue weighted by molar-refractivity contribution is -0.221. The highest BCUT2D eigenvalue weighted by molar-refractivity contribution is 4.98. The van der Waals surface area contributed by atoms with Gasteiger partial charge in [0.15, 0.2) is 17.9 Å². The van der Waals surface area contributed by atoms with Crippen LogP contribution in [0.2, 0.25) is 0 Å². The minimum Gasteiger partial charge on any atom is -0.353 e. The van der Waals surface area contributed by atoms with Crippen LogP contribution in [0, 0.1) is 0 Å². The van der Waals surface area contributed by atoms with E-state index in [0.717, 1.165) is 0 Å². The summed E-state index contributed by atoms with van der Waals surface area (Å²) in [4.78, 5) is 0. The van der Waals surface area contributed by atoms with Gasteiger partial charge in [0, 0.05) is 7.11 Å². The summed E-state index contributed by atoms with van der Waals surface area (Å²) >= 11 is 0. The topological polar surface area (TPSA) is 55.4 Å². The molecule has 0 bridgehead atoms. The van der Waals surface area contributed by atoms with Crippen molar-refractivity contribution in [3.63, 3.8) is 0 Å². The van der Waals surface area contributed by atoms with E-state index >= 15 is 0 Å². The first kappa shape index (κ1) is 13.7. The van der Waals surface area contributed by atoms with Gasteiger partial charge in [-0.05, 0) is 27.7 Å². The van der Waals surface area contributed by atoms with Crippen molar-refractivity contribution in [2.45, 2.75) is 70.0 Å². The van der Waals surface area contributed by atoms with E-state index in [-0.39, 0.29) is 24.4 Å². The van der Waals surface area contributed by atoms with Gasteiger partial charge < -0.3 is 28.4 Å². The summed E-state index contributed by atoms with van der Waals surface area (Å²) in [5.41, 5.74) is 0. The van der Waals surface area contributed by atoms with E-state index in [4.69, 9.17) is 28.4 Å². The van der Waals surface area contributed by atoms with Crippen LogP contribution in [-0.2, 0) is 28.4 Å². The number of hydrogen-bond donors (Lipinski definition) is 0. The third kappa shape index (κ3) is 2.41. The van der Waals surface area contributed by atoms with Gasteiger partial charge in [0.25, 0.3) is 0 Å². The number of rotatable bonds is 1. The normalized spacial score (nSPS) is 47.5. The second-order valence-electron chi connectivity index (χ2n) is 6.14. The Balaban J connectivity index is 1.87. The lowest BCUT2D eigenvalue weighted by Crippen LogP contribution is -2.44. The largest absolute Gasteiger partial charge is 0.353 e. The molecule has 19 heavy (non-hydrogen) atoms. The van der Waals surface area contributed by atoms with Gasteiger partial charge in [0.1, 0.15) is 24.4 Å². The zero-order valence-electron chi connectivity index (χ0n) is 12.0. The highest BCUT2D eigenvalue weighted by atomic mass is 16.8. The van der Waals surface area contributed by atoms with Crippen molar-refractivity contribution < 1.29 is 28.4 Å². The fourth-order valence-corrected chi connectivity index (χ4v) is 3.04. The summed E-state index contributed by atoms with van der Waals surface area (Å²) in [6.07, 6.45) is -1.41. The van der Waals surface area contributed by atoms with Crippen LogP contribution >= 0.6 is 0 Å². The molecule has 3 heterocycles. The molecule has 3 rings (SSSR count). The van der Waals surface area contributed by atoms with Crippen molar-refractivity contribution in [2.24, 2.45) is 0 Å². The van der Waals surface area contributed by atoms with Crippen molar-refractivity contribution >= 4 is 0 Å². The predicted molar refractivity (Wildman–Crippen MR) is 64.4 cm³/mol. The van der Waals surface area contributed by atoms with Gasteiger partial charge >= 0.3 is 0 Å². The maximum absolute atomic E-state index is 5.98. The molecule has 5 atom stereocenters. The summed E-state index contributed by atoms with van der Waals surface area (Å²) in [5.74, 6) is -1.30. The third-order valence-electron chi connectivity index (χ3n) is 3.63. The number of hydrogen-bond acceptors (Lipinski definition) is 6. The molecule has 3 aliphatic rings. The van der Waals surface area contributed by atoms with Gasteiger partial charge in [-0.15, -0.1) is 0 Å². The lowest BCUT2D eigenvalue weighted by Gasteiger charge is -2.25. The molecule has 1 unspecified atom stereocenters. The fraction of sp³-hybridized carbons (Fsp3) is 1.00. The number of ether oxygens (including phenoxy) is 6. The van der Waals surface area contributed by atoms with Crippen LogP contribution in [0.3, 0.4) is 0 Å². The fourth-order valence-electron chi connectivity index (χ4n) is 3.04. The molecule has 0 amide bonds. The minimum atomic E-state index is -0.673. The number of fused-ring (bicyclic) bond motifs is 3. The quantitative estimate of drug-likeness (QED) is 0.712. The molecule has 3 saturated heterocycles. The molecule has 0 spiro atoms. The van der Waals surface area contributed by atoms with Gasteiger partial charge in [-0.2, -0.15) is 0 Å². The Kier molecular flexibility index (Phi) is 3.16. The van der Waals surface area contributed by atoms with Crippen LogP contribution in [-0.4, -0.2) is 56.0 Å². The van der Waals surface area contributed by atoms with Crippen LogP contribution < -0.4 is 0 Å². The van der Waals surface area contributed by atoms with Crippen molar-refractivity contribution in [2.75, 3.05) is 13.7 Å². The molecular formula is C13H22O6. The molecular weight excluding hydrogens is 252 g/mol. The second-order valence-corrected chi connectivity index (χ2v) is 6.14. The van der Waals surface area contributed by atoms with E-state index in [1.165, 1.54) is 0 Å². The van der Waals surface area contributed by atoms with E-state index < -0.39 is 17.9 Å². The standard InChI is InChI=1S/C13H22O6/c1-12(2)16-7-6-15-11(14-5)10-9(8(7)17-12)18-13(3,4)19-10/h7-11H,6H2,1-5H3/t7-,8-,9+,10-,11?/m1/s1. The molecule has 0 aromatic rings. The molecule has 0 N–H and O–H groups in total. The first-order valence-corrected chi connectivity index (χ1v) is 6.67. The molecule has 0 saturated carbocycles. The van der Waals surface area contributed by atoms with Crippen molar-refractivity contribution in [3.05, 3.63) is 0 Å². The van der Waals surface area contributed by atoms with E-state index in [1.54, 1.807) is 7.11 Å². The second kappa shape index (κ2) is 4.38.